The lowest BCUT2D eigenvalue weighted by Gasteiger charge is -1.98. The van der Waals surface area contributed by atoms with Gasteiger partial charge in [0.05, 0.1) is 21.9 Å². The van der Waals surface area contributed by atoms with E-state index in [-0.39, 0.29) is 0 Å². The third kappa shape index (κ3) is 1.44. The van der Waals surface area contributed by atoms with Crippen LogP contribution in [0.2, 0.25) is 0 Å². The van der Waals surface area contributed by atoms with E-state index < -0.39 is 0 Å². The third-order valence-electron chi connectivity index (χ3n) is 2.48. The third-order valence-corrected chi connectivity index (χ3v) is 3.09. The average Bonchev–Trinajstić information content (AvgIpc) is 2.86. The first kappa shape index (κ1) is 9.59. The second-order valence-electron chi connectivity index (χ2n) is 3.61. The average molecular weight is 277 g/mol. The molecule has 3 aromatic heterocycles. The topological polar surface area (TPSA) is 35.1 Å². The first-order chi connectivity index (χ1) is 7.74. The van der Waals surface area contributed by atoms with Crippen molar-refractivity contribution in [3.05, 3.63) is 41.3 Å². The lowest BCUT2D eigenvalue weighted by atomic mass is 10.2. The number of hydrogen-bond acceptors (Lipinski definition) is 2. The van der Waals surface area contributed by atoms with Gasteiger partial charge >= 0.3 is 0 Å². The highest BCUT2D eigenvalue weighted by Gasteiger charge is 2.05. The number of aromatic nitrogens is 4. The van der Waals surface area contributed by atoms with Gasteiger partial charge in [0.1, 0.15) is 0 Å². The Morgan fingerprint density at radius 3 is 2.88 bits per heavy atom. The Balaban J connectivity index is 2.18. The highest BCUT2D eigenvalue weighted by molar-refractivity contribution is 9.10. The molecule has 16 heavy (non-hydrogen) atoms. The summed E-state index contributed by atoms with van der Waals surface area (Å²) < 4.78 is 4.63. The number of aryl methyl sites for hydroxylation is 1. The molecule has 3 aromatic rings. The Morgan fingerprint density at radius 2 is 2.12 bits per heavy atom. The minimum Gasteiger partial charge on any atom is -0.275 e. The van der Waals surface area contributed by atoms with Gasteiger partial charge in [-0.15, -0.1) is 0 Å². The standard InChI is InChI=1S/C11H9BrN4/c1-15-5-4-10(14-15)8-2-3-11-9(12)6-13-16(11)7-8/h2-7H,1H3. The summed E-state index contributed by atoms with van der Waals surface area (Å²) in [7, 11) is 1.91. The lowest BCUT2D eigenvalue weighted by molar-refractivity contribution is 0.770. The number of fused-ring (bicyclic) bond motifs is 1. The van der Waals surface area contributed by atoms with Gasteiger partial charge in [-0.2, -0.15) is 10.2 Å². The van der Waals surface area contributed by atoms with Crippen molar-refractivity contribution in [2.24, 2.45) is 7.05 Å². The fourth-order valence-corrected chi connectivity index (χ4v) is 2.08. The Kier molecular flexibility index (Phi) is 2.07. The van der Waals surface area contributed by atoms with E-state index in [9.17, 15) is 0 Å². The molecule has 0 aromatic carbocycles. The molecule has 0 bridgehead atoms. The van der Waals surface area contributed by atoms with E-state index in [1.807, 2.05) is 42.2 Å². The minimum atomic E-state index is 0.955. The smallest absolute Gasteiger partial charge is 0.0938 e. The van der Waals surface area contributed by atoms with Crippen LogP contribution in [-0.4, -0.2) is 19.4 Å². The van der Waals surface area contributed by atoms with E-state index in [2.05, 4.69) is 26.1 Å². The van der Waals surface area contributed by atoms with Crippen molar-refractivity contribution in [2.45, 2.75) is 0 Å². The van der Waals surface area contributed by atoms with E-state index >= 15 is 0 Å². The molecule has 0 fully saturated rings. The van der Waals surface area contributed by atoms with Crippen LogP contribution in [0.4, 0.5) is 0 Å². The molecule has 0 saturated heterocycles. The van der Waals surface area contributed by atoms with Gasteiger partial charge in [-0.25, -0.2) is 4.52 Å². The molecule has 0 spiro atoms. The highest BCUT2D eigenvalue weighted by Crippen LogP contribution is 2.22. The molecule has 0 aliphatic carbocycles. The number of hydrogen-bond donors (Lipinski definition) is 0. The number of nitrogens with zero attached hydrogens (tertiary/aromatic N) is 4. The Labute approximate surface area is 101 Å². The molecule has 0 radical (unpaired) electrons. The largest absolute Gasteiger partial charge is 0.275 e. The summed E-state index contributed by atoms with van der Waals surface area (Å²) >= 11 is 3.45. The number of halogens is 1. The number of pyridine rings is 1. The first-order valence-electron chi connectivity index (χ1n) is 4.87. The zero-order valence-corrected chi connectivity index (χ0v) is 10.2. The molecule has 4 nitrogen and oxygen atoms in total. The molecule has 3 rings (SSSR count). The fraction of sp³-hybridized carbons (Fsp3) is 0.0909. The molecule has 0 aliphatic rings. The summed E-state index contributed by atoms with van der Waals surface area (Å²) in [5.74, 6) is 0. The van der Waals surface area contributed by atoms with Crippen molar-refractivity contribution in [1.82, 2.24) is 19.4 Å². The molecule has 80 valence electrons. The van der Waals surface area contributed by atoms with E-state index in [1.54, 1.807) is 10.9 Å². The number of rotatable bonds is 1. The molecular weight excluding hydrogens is 268 g/mol. The van der Waals surface area contributed by atoms with Gasteiger partial charge in [-0.05, 0) is 34.1 Å². The van der Waals surface area contributed by atoms with E-state index in [0.29, 0.717) is 0 Å². The molecular formula is C11H9BrN4. The second-order valence-corrected chi connectivity index (χ2v) is 4.47. The van der Waals surface area contributed by atoms with Crippen LogP contribution in [0.15, 0.2) is 41.3 Å². The predicted octanol–water partition coefficient (Wildman–Crippen LogP) is 2.50. The van der Waals surface area contributed by atoms with Gasteiger partial charge < -0.3 is 0 Å². The maximum atomic E-state index is 4.36. The van der Waals surface area contributed by atoms with Gasteiger partial charge in [-0.3, -0.25) is 4.68 Å². The van der Waals surface area contributed by atoms with Crippen molar-refractivity contribution in [1.29, 1.82) is 0 Å². The van der Waals surface area contributed by atoms with Crippen molar-refractivity contribution < 1.29 is 0 Å². The highest BCUT2D eigenvalue weighted by atomic mass is 79.9. The maximum Gasteiger partial charge on any atom is 0.0938 e. The Hall–Kier alpha value is -1.62. The van der Waals surface area contributed by atoms with Crippen LogP contribution in [-0.2, 0) is 7.05 Å². The van der Waals surface area contributed by atoms with Crippen molar-refractivity contribution in [3.63, 3.8) is 0 Å². The molecule has 0 aliphatic heterocycles. The van der Waals surface area contributed by atoms with Gasteiger partial charge in [0.2, 0.25) is 0 Å². The summed E-state index contributed by atoms with van der Waals surface area (Å²) in [5.41, 5.74) is 3.07. The SMILES string of the molecule is Cn1ccc(-c2ccc3c(Br)cnn3c2)n1. The van der Waals surface area contributed by atoms with Crippen molar-refractivity contribution in [2.75, 3.05) is 0 Å². The Morgan fingerprint density at radius 1 is 1.25 bits per heavy atom. The molecule has 0 N–H and O–H groups in total. The molecule has 0 unspecified atom stereocenters. The zero-order chi connectivity index (χ0) is 11.1. The van der Waals surface area contributed by atoms with Gasteiger partial charge in [-0.1, -0.05) is 0 Å². The summed E-state index contributed by atoms with van der Waals surface area (Å²) in [4.78, 5) is 0. The van der Waals surface area contributed by atoms with Gasteiger partial charge in [0, 0.05) is 25.0 Å². The van der Waals surface area contributed by atoms with Crippen LogP contribution in [0.25, 0.3) is 16.8 Å². The summed E-state index contributed by atoms with van der Waals surface area (Å²) in [6.07, 6.45) is 5.69. The van der Waals surface area contributed by atoms with Gasteiger partial charge in [0.25, 0.3) is 0 Å². The fourth-order valence-electron chi connectivity index (χ4n) is 1.67. The monoisotopic (exact) mass is 276 g/mol. The maximum absolute atomic E-state index is 4.36. The van der Waals surface area contributed by atoms with Crippen LogP contribution in [0, 0.1) is 0 Å². The zero-order valence-electron chi connectivity index (χ0n) is 8.63. The van der Waals surface area contributed by atoms with E-state index in [0.717, 1.165) is 21.2 Å². The van der Waals surface area contributed by atoms with Crippen LogP contribution >= 0.6 is 15.9 Å². The summed E-state index contributed by atoms with van der Waals surface area (Å²) in [5, 5.41) is 8.60. The van der Waals surface area contributed by atoms with E-state index in [1.165, 1.54) is 0 Å². The van der Waals surface area contributed by atoms with Gasteiger partial charge in [0.15, 0.2) is 0 Å². The summed E-state index contributed by atoms with van der Waals surface area (Å²) in [6.45, 7) is 0. The van der Waals surface area contributed by atoms with E-state index in [4.69, 9.17) is 0 Å². The van der Waals surface area contributed by atoms with Crippen molar-refractivity contribution >= 4 is 21.4 Å². The van der Waals surface area contributed by atoms with Crippen LogP contribution in [0.5, 0.6) is 0 Å². The molecule has 3 heterocycles. The van der Waals surface area contributed by atoms with Crippen LogP contribution in [0.1, 0.15) is 0 Å². The minimum absolute atomic E-state index is 0.955. The van der Waals surface area contributed by atoms with Crippen LogP contribution < -0.4 is 0 Å². The van der Waals surface area contributed by atoms with Crippen molar-refractivity contribution in [3.8, 4) is 11.3 Å². The predicted molar refractivity (Wildman–Crippen MR) is 65.1 cm³/mol. The summed E-state index contributed by atoms with van der Waals surface area (Å²) in [6, 6.07) is 6.06. The normalized spacial score (nSPS) is 11.1. The lowest BCUT2D eigenvalue weighted by Crippen LogP contribution is -1.90. The quantitative estimate of drug-likeness (QED) is 0.685. The first-order valence-corrected chi connectivity index (χ1v) is 5.66. The molecule has 0 atom stereocenters. The molecule has 5 heteroatoms. The van der Waals surface area contributed by atoms with Crippen LogP contribution in [0.3, 0.4) is 0 Å². The molecule has 0 amide bonds. The molecule has 0 saturated carbocycles. The second kappa shape index (κ2) is 3.45. The Bertz CT molecular complexity index is 653.